The number of ether oxygens (including phenoxy) is 2. The first kappa shape index (κ1) is 12.5. The largest absolute Gasteiger partial charge is 0.468 e. The second kappa shape index (κ2) is 4.74. The van der Waals surface area contributed by atoms with Gasteiger partial charge in [0, 0.05) is 11.8 Å². The van der Waals surface area contributed by atoms with E-state index in [0.29, 0.717) is 25.6 Å². The minimum atomic E-state index is -0.499. The zero-order chi connectivity index (χ0) is 12.5. The van der Waals surface area contributed by atoms with Gasteiger partial charge in [-0.15, -0.1) is 11.3 Å². The number of aromatic nitrogens is 1. The first-order valence-electron chi connectivity index (χ1n) is 5.68. The molecule has 0 saturated carbocycles. The first-order chi connectivity index (χ1) is 8.07. The summed E-state index contributed by atoms with van der Waals surface area (Å²) in [5, 5.41) is 3.05. The zero-order valence-corrected chi connectivity index (χ0v) is 11.2. The van der Waals surface area contributed by atoms with Gasteiger partial charge in [0.2, 0.25) is 0 Å². The molecule has 1 aromatic rings. The predicted molar refractivity (Wildman–Crippen MR) is 65.2 cm³/mol. The van der Waals surface area contributed by atoms with Gasteiger partial charge in [-0.2, -0.15) is 0 Å². The number of carbonyl (C=O) groups is 1. The van der Waals surface area contributed by atoms with Crippen LogP contribution in [0.1, 0.15) is 30.5 Å². The number of esters is 1. The molecule has 5 heteroatoms. The van der Waals surface area contributed by atoms with Gasteiger partial charge in [0.05, 0.1) is 31.0 Å². The highest BCUT2D eigenvalue weighted by Gasteiger charge is 2.47. The Kier molecular flexibility index (Phi) is 3.49. The third-order valence-corrected chi connectivity index (χ3v) is 3.89. The van der Waals surface area contributed by atoms with Crippen molar-refractivity contribution in [2.75, 3.05) is 20.3 Å². The van der Waals surface area contributed by atoms with Gasteiger partial charge in [0.25, 0.3) is 0 Å². The first-order valence-corrected chi connectivity index (χ1v) is 6.56. The van der Waals surface area contributed by atoms with E-state index < -0.39 is 5.41 Å². The van der Waals surface area contributed by atoms with Crippen molar-refractivity contribution in [2.24, 2.45) is 5.41 Å². The molecule has 1 saturated heterocycles. The summed E-state index contributed by atoms with van der Waals surface area (Å²) < 4.78 is 10.0. The molecule has 0 unspecified atom stereocenters. The van der Waals surface area contributed by atoms with Crippen molar-refractivity contribution >= 4 is 17.3 Å². The van der Waals surface area contributed by atoms with Crippen LogP contribution in [0.25, 0.3) is 0 Å². The van der Waals surface area contributed by atoms with Gasteiger partial charge in [-0.3, -0.25) is 4.79 Å². The summed E-state index contributed by atoms with van der Waals surface area (Å²) in [4.78, 5) is 16.3. The normalized spacial score (nSPS) is 17.9. The average Bonchev–Trinajstić information content (AvgIpc) is 2.71. The highest BCUT2D eigenvalue weighted by molar-refractivity contribution is 7.09. The molecule has 0 spiro atoms. The molecular formula is C12H17NO3S. The van der Waals surface area contributed by atoms with Crippen LogP contribution in [-0.2, 0) is 20.7 Å². The summed E-state index contributed by atoms with van der Waals surface area (Å²) in [6.07, 6.45) is 0.622. The SMILES string of the molecule is COC(=O)C1(Cc2nc(C(C)C)cs2)COC1. The second-order valence-corrected chi connectivity index (χ2v) is 5.70. The standard InChI is InChI=1S/C12H17NO3S/c1-8(2)9-5-17-10(13-9)4-12(6-16-7-12)11(14)15-3/h5,8H,4,6-7H2,1-3H3. The Balaban J connectivity index is 2.10. The van der Waals surface area contributed by atoms with Crippen molar-refractivity contribution in [2.45, 2.75) is 26.2 Å². The van der Waals surface area contributed by atoms with Gasteiger partial charge >= 0.3 is 5.97 Å². The van der Waals surface area contributed by atoms with Crippen molar-refractivity contribution in [3.8, 4) is 0 Å². The molecule has 4 nitrogen and oxygen atoms in total. The lowest BCUT2D eigenvalue weighted by molar-refractivity contribution is -0.182. The third kappa shape index (κ3) is 2.35. The van der Waals surface area contributed by atoms with Crippen molar-refractivity contribution in [1.29, 1.82) is 0 Å². The number of nitrogens with zero attached hydrogens (tertiary/aromatic N) is 1. The third-order valence-electron chi connectivity index (χ3n) is 3.03. The smallest absolute Gasteiger partial charge is 0.316 e. The summed E-state index contributed by atoms with van der Waals surface area (Å²) in [5.74, 6) is 0.233. The molecule has 1 aliphatic heterocycles. The maximum absolute atomic E-state index is 11.7. The molecular weight excluding hydrogens is 238 g/mol. The van der Waals surface area contributed by atoms with Gasteiger partial charge in [0.15, 0.2) is 0 Å². The van der Waals surface area contributed by atoms with E-state index in [0.717, 1.165) is 10.7 Å². The number of carbonyl (C=O) groups excluding carboxylic acids is 1. The molecule has 0 aliphatic carbocycles. The fourth-order valence-electron chi connectivity index (χ4n) is 1.82. The number of methoxy groups -OCH3 is 1. The molecule has 2 heterocycles. The van der Waals surface area contributed by atoms with E-state index in [2.05, 4.69) is 24.2 Å². The molecule has 1 fully saturated rings. The molecule has 0 aromatic carbocycles. The highest BCUT2D eigenvalue weighted by atomic mass is 32.1. The minimum Gasteiger partial charge on any atom is -0.468 e. The quantitative estimate of drug-likeness (QED) is 0.772. The Morgan fingerprint density at radius 2 is 2.35 bits per heavy atom. The fraction of sp³-hybridized carbons (Fsp3) is 0.667. The van der Waals surface area contributed by atoms with Gasteiger partial charge in [-0.25, -0.2) is 4.98 Å². The van der Waals surface area contributed by atoms with Crippen LogP contribution in [0.15, 0.2) is 5.38 Å². The van der Waals surface area contributed by atoms with Crippen LogP contribution in [0.4, 0.5) is 0 Å². The molecule has 17 heavy (non-hydrogen) atoms. The van der Waals surface area contributed by atoms with Crippen LogP contribution in [0.5, 0.6) is 0 Å². The highest BCUT2D eigenvalue weighted by Crippen LogP contribution is 2.34. The number of hydrogen-bond donors (Lipinski definition) is 0. The Hall–Kier alpha value is -0.940. The maximum atomic E-state index is 11.7. The van der Waals surface area contributed by atoms with Crippen LogP contribution in [0, 0.1) is 5.41 Å². The summed E-state index contributed by atoms with van der Waals surface area (Å²) in [5.41, 5.74) is 0.589. The lowest BCUT2D eigenvalue weighted by atomic mass is 9.83. The van der Waals surface area contributed by atoms with Crippen molar-refractivity contribution < 1.29 is 14.3 Å². The van der Waals surface area contributed by atoms with E-state index >= 15 is 0 Å². The summed E-state index contributed by atoms with van der Waals surface area (Å²) in [7, 11) is 1.42. The van der Waals surface area contributed by atoms with Gasteiger partial charge < -0.3 is 9.47 Å². The van der Waals surface area contributed by atoms with E-state index in [4.69, 9.17) is 9.47 Å². The fourth-order valence-corrected chi connectivity index (χ4v) is 2.92. The molecule has 0 N–H and O–H groups in total. The van der Waals surface area contributed by atoms with E-state index in [1.165, 1.54) is 7.11 Å². The molecule has 1 aromatic heterocycles. The van der Waals surface area contributed by atoms with E-state index in [9.17, 15) is 4.79 Å². The van der Waals surface area contributed by atoms with Crippen LogP contribution in [0.2, 0.25) is 0 Å². The Labute approximate surface area is 105 Å². The molecule has 0 amide bonds. The van der Waals surface area contributed by atoms with Crippen molar-refractivity contribution in [1.82, 2.24) is 4.98 Å². The number of thiazole rings is 1. The van der Waals surface area contributed by atoms with Gasteiger partial charge in [0.1, 0.15) is 5.41 Å². The minimum absolute atomic E-state index is 0.190. The lowest BCUT2D eigenvalue weighted by Gasteiger charge is -2.37. The van der Waals surface area contributed by atoms with E-state index in [1.807, 2.05) is 0 Å². The van der Waals surface area contributed by atoms with Gasteiger partial charge in [-0.1, -0.05) is 13.8 Å². The van der Waals surface area contributed by atoms with Crippen molar-refractivity contribution in [3.63, 3.8) is 0 Å². The topological polar surface area (TPSA) is 48.4 Å². The lowest BCUT2D eigenvalue weighted by Crippen LogP contribution is -2.51. The molecule has 0 atom stereocenters. The molecule has 2 rings (SSSR count). The molecule has 0 bridgehead atoms. The summed E-state index contributed by atoms with van der Waals surface area (Å²) >= 11 is 1.61. The van der Waals surface area contributed by atoms with Gasteiger partial charge in [-0.05, 0) is 5.92 Å². The van der Waals surface area contributed by atoms with E-state index in [-0.39, 0.29) is 5.97 Å². The number of hydrogen-bond acceptors (Lipinski definition) is 5. The van der Waals surface area contributed by atoms with Crippen LogP contribution in [0.3, 0.4) is 0 Å². The number of rotatable bonds is 4. The van der Waals surface area contributed by atoms with E-state index in [1.54, 1.807) is 11.3 Å². The van der Waals surface area contributed by atoms with Crippen LogP contribution >= 0.6 is 11.3 Å². The maximum Gasteiger partial charge on any atom is 0.316 e. The summed E-state index contributed by atoms with van der Waals surface area (Å²) in [6, 6.07) is 0. The molecule has 94 valence electrons. The Morgan fingerprint density at radius 3 is 2.76 bits per heavy atom. The molecule has 1 aliphatic rings. The summed E-state index contributed by atoms with van der Waals surface area (Å²) in [6.45, 7) is 5.11. The molecule has 0 radical (unpaired) electrons. The van der Waals surface area contributed by atoms with Crippen LogP contribution in [-0.4, -0.2) is 31.3 Å². The zero-order valence-electron chi connectivity index (χ0n) is 10.4. The average molecular weight is 255 g/mol. The predicted octanol–water partition coefficient (Wildman–Crippen LogP) is 2.00. The Bertz CT molecular complexity index is 410. The monoisotopic (exact) mass is 255 g/mol. The Morgan fingerprint density at radius 1 is 1.65 bits per heavy atom. The van der Waals surface area contributed by atoms with Crippen molar-refractivity contribution in [3.05, 3.63) is 16.1 Å². The van der Waals surface area contributed by atoms with Crippen LogP contribution < -0.4 is 0 Å². The second-order valence-electron chi connectivity index (χ2n) is 4.76.